The van der Waals surface area contributed by atoms with Crippen LogP contribution >= 0.6 is 11.3 Å². The van der Waals surface area contributed by atoms with Crippen LogP contribution in [0.15, 0.2) is 60.7 Å². The van der Waals surface area contributed by atoms with E-state index in [0.717, 1.165) is 34.5 Å². The van der Waals surface area contributed by atoms with Gasteiger partial charge in [0, 0.05) is 28.5 Å². The number of carbonyl (C=O) groups excluding carboxylic acids is 2. The lowest BCUT2D eigenvalue weighted by Crippen LogP contribution is -2.45. The number of halogens is 1. The predicted molar refractivity (Wildman–Crippen MR) is 134 cm³/mol. The van der Waals surface area contributed by atoms with E-state index in [-0.39, 0.29) is 24.3 Å². The van der Waals surface area contributed by atoms with Crippen molar-refractivity contribution in [3.63, 3.8) is 0 Å². The number of urea groups is 1. The van der Waals surface area contributed by atoms with E-state index in [0.29, 0.717) is 25.6 Å². The van der Waals surface area contributed by atoms with E-state index in [9.17, 15) is 14.0 Å². The highest BCUT2D eigenvalue weighted by molar-refractivity contribution is 7.11. The molecule has 4 rings (SSSR count). The fourth-order valence-electron chi connectivity index (χ4n) is 3.80. The molecule has 178 valence electrons. The minimum absolute atomic E-state index is 0.000232. The number of amides is 3. The van der Waals surface area contributed by atoms with Gasteiger partial charge in [-0.3, -0.25) is 4.79 Å². The number of aryl methyl sites for hydroxylation is 2. The molecule has 34 heavy (non-hydrogen) atoms. The lowest BCUT2D eigenvalue weighted by atomic mass is 10.2. The Morgan fingerprint density at radius 1 is 0.971 bits per heavy atom. The van der Waals surface area contributed by atoms with E-state index in [1.807, 2.05) is 50.2 Å². The number of carbonyl (C=O) groups is 2. The van der Waals surface area contributed by atoms with Crippen molar-refractivity contribution >= 4 is 29.0 Å². The van der Waals surface area contributed by atoms with E-state index >= 15 is 0 Å². The van der Waals surface area contributed by atoms with Gasteiger partial charge in [0.2, 0.25) is 5.91 Å². The van der Waals surface area contributed by atoms with Gasteiger partial charge in [0.05, 0.1) is 6.54 Å². The predicted octanol–water partition coefficient (Wildman–Crippen LogP) is 5.98. The van der Waals surface area contributed by atoms with Crippen molar-refractivity contribution in [1.29, 1.82) is 0 Å². The summed E-state index contributed by atoms with van der Waals surface area (Å²) < 4.78 is 13.4. The molecule has 7 heteroatoms. The summed E-state index contributed by atoms with van der Waals surface area (Å²) in [6.07, 6.45) is 2.16. The topological polar surface area (TPSA) is 52.7 Å². The molecule has 1 aromatic heterocycles. The van der Waals surface area contributed by atoms with Crippen LogP contribution in [0.2, 0.25) is 0 Å². The zero-order valence-corrected chi connectivity index (χ0v) is 20.4. The molecule has 0 atom stereocenters. The third-order valence-electron chi connectivity index (χ3n) is 5.96. The van der Waals surface area contributed by atoms with Gasteiger partial charge in [-0.25, -0.2) is 9.18 Å². The van der Waals surface area contributed by atoms with Gasteiger partial charge < -0.3 is 15.1 Å². The summed E-state index contributed by atoms with van der Waals surface area (Å²) in [4.78, 5) is 32.3. The van der Waals surface area contributed by atoms with Crippen LogP contribution in [0, 0.1) is 25.6 Å². The molecular weight excluding hydrogens is 449 g/mol. The average molecular weight is 480 g/mol. The SMILES string of the molecule is Cc1ccc(CN(Cc2ccc(F)cc2)C(=O)CN(CC2CC2)C(=O)Nc2ccccc2C)s1. The summed E-state index contributed by atoms with van der Waals surface area (Å²) in [7, 11) is 0. The van der Waals surface area contributed by atoms with Crippen LogP contribution in [0.5, 0.6) is 0 Å². The van der Waals surface area contributed by atoms with Gasteiger partial charge in [0.1, 0.15) is 12.4 Å². The molecule has 0 unspecified atom stereocenters. The van der Waals surface area contributed by atoms with Gasteiger partial charge >= 0.3 is 6.03 Å². The van der Waals surface area contributed by atoms with Crippen LogP contribution in [0.1, 0.15) is 33.7 Å². The molecule has 1 aliphatic rings. The first kappa shape index (κ1) is 24.0. The smallest absolute Gasteiger partial charge is 0.322 e. The van der Waals surface area contributed by atoms with Crippen molar-refractivity contribution < 1.29 is 14.0 Å². The van der Waals surface area contributed by atoms with Crippen molar-refractivity contribution in [2.75, 3.05) is 18.4 Å². The maximum atomic E-state index is 13.5. The molecule has 0 spiro atoms. The Morgan fingerprint density at radius 3 is 2.35 bits per heavy atom. The monoisotopic (exact) mass is 479 g/mol. The standard InChI is InChI=1S/C27H30FN3O2S/c1-19-5-3-4-6-25(19)29-27(33)31(16-21-8-9-21)18-26(32)30(17-24-14-7-20(2)34-24)15-22-10-12-23(28)13-11-22/h3-7,10-14,21H,8-9,15-18H2,1-2H3,(H,29,33). The third kappa shape index (κ3) is 6.67. The maximum Gasteiger partial charge on any atom is 0.322 e. The summed E-state index contributed by atoms with van der Waals surface area (Å²) in [6.45, 7) is 5.34. The van der Waals surface area contributed by atoms with E-state index in [4.69, 9.17) is 0 Å². The first-order chi connectivity index (χ1) is 16.4. The lowest BCUT2D eigenvalue weighted by molar-refractivity contribution is -0.133. The maximum absolute atomic E-state index is 13.5. The van der Waals surface area contributed by atoms with E-state index < -0.39 is 0 Å². The number of nitrogens with one attached hydrogen (secondary N) is 1. The molecule has 1 saturated carbocycles. The quantitative estimate of drug-likeness (QED) is 0.411. The lowest BCUT2D eigenvalue weighted by Gasteiger charge is -2.28. The van der Waals surface area contributed by atoms with Crippen molar-refractivity contribution in [1.82, 2.24) is 9.80 Å². The summed E-state index contributed by atoms with van der Waals surface area (Å²) in [5.74, 6) is 0.0101. The number of para-hydroxylation sites is 1. The molecule has 1 N–H and O–H groups in total. The summed E-state index contributed by atoms with van der Waals surface area (Å²) >= 11 is 1.65. The van der Waals surface area contributed by atoms with Crippen molar-refractivity contribution in [3.8, 4) is 0 Å². The fraction of sp³-hybridized carbons (Fsp3) is 0.333. The molecule has 2 aromatic carbocycles. The minimum Gasteiger partial charge on any atom is -0.332 e. The van der Waals surface area contributed by atoms with Gasteiger partial charge in [-0.05, 0) is 74.1 Å². The molecule has 1 heterocycles. The van der Waals surface area contributed by atoms with Crippen LogP contribution in [0.25, 0.3) is 0 Å². The average Bonchev–Trinajstić information content (AvgIpc) is 3.54. The number of hydrogen-bond acceptors (Lipinski definition) is 3. The second-order valence-electron chi connectivity index (χ2n) is 8.96. The molecule has 0 bridgehead atoms. The largest absolute Gasteiger partial charge is 0.332 e. The van der Waals surface area contributed by atoms with Crippen LogP contribution in [0.3, 0.4) is 0 Å². The first-order valence-corrected chi connectivity index (χ1v) is 12.4. The van der Waals surface area contributed by atoms with Crippen LogP contribution in [-0.4, -0.2) is 34.8 Å². The second kappa shape index (κ2) is 10.8. The number of thiophene rings is 1. The zero-order valence-electron chi connectivity index (χ0n) is 19.6. The summed E-state index contributed by atoms with van der Waals surface area (Å²) in [5.41, 5.74) is 2.57. The van der Waals surface area contributed by atoms with E-state index in [2.05, 4.69) is 5.32 Å². The number of nitrogens with zero attached hydrogens (tertiary/aromatic N) is 2. The van der Waals surface area contributed by atoms with Gasteiger partial charge in [0.15, 0.2) is 0 Å². The molecule has 0 saturated heterocycles. The number of benzene rings is 2. The molecular formula is C27H30FN3O2S. The van der Waals surface area contributed by atoms with Gasteiger partial charge in [0.25, 0.3) is 0 Å². The van der Waals surface area contributed by atoms with E-state index in [1.54, 1.807) is 33.3 Å². The normalized spacial score (nSPS) is 12.9. The Balaban J connectivity index is 1.50. The first-order valence-electron chi connectivity index (χ1n) is 11.6. The Hall–Kier alpha value is -3.19. The molecule has 5 nitrogen and oxygen atoms in total. The van der Waals surface area contributed by atoms with Crippen LogP contribution < -0.4 is 5.32 Å². The van der Waals surface area contributed by atoms with Gasteiger partial charge in [-0.15, -0.1) is 11.3 Å². The highest BCUT2D eigenvalue weighted by Gasteiger charge is 2.29. The minimum atomic E-state index is -0.306. The van der Waals surface area contributed by atoms with Crippen molar-refractivity contribution in [3.05, 3.63) is 87.4 Å². The van der Waals surface area contributed by atoms with Gasteiger partial charge in [-0.2, -0.15) is 0 Å². The number of rotatable bonds is 9. The summed E-state index contributed by atoms with van der Waals surface area (Å²) in [6, 6.07) is 17.6. The Morgan fingerprint density at radius 2 is 1.71 bits per heavy atom. The second-order valence-corrected chi connectivity index (χ2v) is 10.3. The summed E-state index contributed by atoms with van der Waals surface area (Å²) in [5, 5.41) is 2.97. The molecule has 1 aliphatic carbocycles. The van der Waals surface area contributed by atoms with Crippen molar-refractivity contribution in [2.45, 2.75) is 39.8 Å². The molecule has 3 aromatic rings. The Kier molecular flexibility index (Phi) is 7.63. The number of anilines is 1. The van der Waals surface area contributed by atoms with E-state index in [1.165, 1.54) is 17.0 Å². The Bertz CT molecular complexity index is 1140. The zero-order chi connectivity index (χ0) is 24.1. The third-order valence-corrected chi connectivity index (χ3v) is 6.94. The van der Waals surface area contributed by atoms with Gasteiger partial charge in [-0.1, -0.05) is 30.3 Å². The molecule has 0 aliphatic heterocycles. The molecule has 3 amide bonds. The highest BCUT2D eigenvalue weighted by Crippen LogP contribution is 2.30. The molecule has 0 radical (unpaired) electrons. The number of hydrogen-bond donors (Lipinski definition) is 1. The fourth-order valence-corrected chi connectivity index (χ4v) is 4.71. The highest BCUT2D eigenvalue weighted by atomic mass is 32.1. The molecule has 1 fully saturated rings. The van der Waals surface area contributed by atoms with Crippen LogP contribution in [0.4, 0.5) is 14.9 Å². The Labute approximate surface area is 204 Å². The van der Waals surface area contributed by atoms with Crippen LogP contribution in [-0.2, 0) is 17.9 Å². The van der Waals surface area contributed by atoms with Crippen molar-refractivity contribution in [2.24, 2.45) is 5.92 Å².